The van der Waals surface area contributed by atoms with Crippen LogP contribution in [0.5, 0.6) is 0 Å². The SMILES string of the molecule is O=C1CCC(C(=O)NCCc2ccccc2F)CC1. The van der Waals surface area contributed by atoms with Crippen molar-refractivity contribution in [3.8, 4) is 0 Å². The van der Waals surface area contributed by atoms with Gasteiger partial charge in [-0.1, -0.05) is 18.2 Å². The number of amides is 1. The summed E-state index contributed by atoms with van der Waals surface area (Å²) in [6, 6.07) is 6.58. The van der Waals surface area contributed by atoms with E-state index in [1.807, 2.05) is 0 Å². The number of hydrogen-bond acceptors (Lipinski definition) is 2. The molecule has 1 N–H and O–H groups in total. The molecule has 0 aromatic heterocycles. The van der Waals surface area contributed by atoms with E-state index in [1.165, 1.54) is 6.07 Å². The zero-order chi connectivity index (χ0) is 13.7. The summed E-state index contributed by atoms with van der Waals surface area (Å²) in [6.07, 6.45) is 2.79. The molecule has 0 atom stereocenters. The molecule has 3 nitrogen and oxygen atoms in total. The van der Waals surface area contributed by atoms with Gasteiger partial charge in [0.15, 0.2) is 0 Å². The fourth-order valence-corrected chi connectivity index (χ4v) is 2.37. The van der Waals surface area contributed by atoms with Gasteiger partial charge in [0.05, 0.1) is 0 Å². The van der Waals surface area contributed by atoms with Gasteiger partial charge >= 0.3 is 0 Å². The van der Waals surface area contributed by atoms with E-state index < -0.39 is 0 Å². The molecule has 1 fully saturated rings. The van der Waals surface area contributed by atoms with E-state index in [0.717, 1.165) is 0 Å². The Balaban J connectivity index is 1.75. The first kappa shape index (κ1) is 13.7. The molecule has 1 aliphatic rings. The summed E-state index contributed by atoms with van der Waals surface area (Å²) in [5, 5.41) is 2.83. The Hall–Kier alpha value is -1.71. The summed E-state index contributed by atoms with van der Waals surface area (Å²) in [5.41, 5.74) is 0.613. The van der Waals surface area contributed by atoms with Crippen molar-refractivity contribution < 1.29 is 14.0 Å². The third-order valence-electron chi connectivity index (χ3n) is 3.57. The Morgan fingerprint density at radius 3 is 2.63 bits per heavy atom. The van der Waals surface area contributed by atoms with Crippen LogP contribution in [0.25, 0.3) is 0 Å². The maximum absolute atomic E-state index is 13.4. The van der Waals surface area contributed by atoms with Gasteiger partial charge in [-0.25, -0.2) is 4.39 Å². The Bertz CT molecular complexity index is 463. The maximum Gasteiger partial charge on any atom is 0.223 e. The van der Waals surface area contributed by atoms with E-state index in [2.05, 4.69) is 5.32 Å². The molecule has 19 heavy (non-hydrogen) atoms. The van der Waals surface area contributed by atoms with Crippen LogP contribution in [-0.4, -0.2) is 18.2 Å². The molecule has 1 amide bonds. The van der Waals surface area contributed by atoms with Crippen molar-refractivity contribution in [2.75, 3.05) is 6.54 Å². The fraction of sp³-hybridized carbons (Fsp3) is 0.467. The normalized spacial score (nSPS) is 16.4. The summed E-state index contributed by atoms with van der Waals surface area (Å²) < 4.78 is 13.4. The molecular weight excluding hydrogens is 245 g/mol. The number of ketones is 1. The zero-order valence-corrected chi connectivity index (χ0v) is 10.8. The van der Waals surface area contributed by atoms with E-state index in [9.17, 15) is 14.0 Å². The second-order valence-corrected chi connectivity index (χ2v) is 4.95. The van der Waals surface area contributed by atoms with E-state index >= 15 is 0 Å². The van der Waals surface area contributed by atoms with Gasteiger partial charge in [0.2, 0.25) is 5.91 Å². The molecule has 2 rings (SSSR count). The van der Waals surface area contributed by atoms with E-state index in [0.29, 0.717) is 44.2 Å². The molecule has 0 saturated heterocycles. The highest BCUT2D eigenvalue weighted by atomic mass is 19.1. The lowest BCUT2D eigenvalue weighted by atomic mass is 9.88. The van der Waals surface area contributed by atoms with Crippen molar-refractivity contribution in [2.24, 2.45) is 5.92 Å². The second kappa shape index (κ2) is 6.45. The molecule has 1 saturated carbocycles. The molecule has 1 aromatic carbocycles. The van der Waals surface area contributed by atoms with Crippen molar-refractivity contribution in [1.82, 2.24) is 5.32 Å². The summed E-state index contributed by atoms with van der Waals surface area (Å²) in [6.45, 7) is 0.435. The third kappa shape index (κ3) is 3.88. The van der Waals surface area contributed by atoms with E-state index in [-0.39, 0.29) is 23.4 Å². The zero-order valence-electron chi connectivity index (χ0n) is 10.8. The first-order chi connectivity index (χ1) is 9.16. The monoisotopic (exact) mass is 263 g/mol. The topological polar surface area (TPSA) is 46.2 Å². The Morgan fingerprint density at radius 1 is 1.26 bits per heavy atom. The quantitative estimate of drug-likeness (QED) is 0.905. The molecule has 0 spiro atoms. The lowest BCUT2D eigenvalue weighted by Crippen LogP contribution is -2.34. The lowest BCUT2D eigenvalue weighted by molar-refractivity contribution is -0.128. The minimum Gasteiger partial charge on any atom is -0.356 e. The largest absolute Gasteiger partial charge is 0.356 e. The number of nitrogens with one attached hydrogen (secondary N) is 1. The van der Waals surface area contributed by atoms with E-state index in [4.69, 9.17) is 0 Å². The van der Waals surface area contributed by atoms with Crippen LogP contribution >= 0.6 is 0 Å². The predicted octanol–water partition coefficient (Wildman–Crippen LogP) is 2.24. The number of Topliss-reactive ketones (excluding diaryl/α,β-unsaturated/α-hetero) is 1. The standard InChI is InChI=1S/C15H18FNO2/c16-14-4-2-1-3-11(14)9-10-17-15(19)12-5-7-13(18)8-6-12/h1-4,12H,5-10H2,(H,17,19). The molecule has 4 heteroatoms. The molecule has 0 radical (unpaired) electrons. The molecule has 102 valence electrons. The van der Waals surface area contributed by atoms with Crippen molar-refractivity contribution in [3.05, 3.63) is 35.6 Å². The average molecular weight is 263 g/mol. The molecule has 1 aromatic rings. The fourth-order valence-electron chi connectivity index (χ4n) is 2.37. The first-order valence-electron chi connectivity index (χ1n) is 6.69. The first-order valence-corrected chi connectivity index (χ1v) is 6.69. The number of carbonyl (C=O) groups excluding carboxylic acids is 2. The van der Waals surface area contributed by atoms with Gasteiger partial charge in [-0.05, 0) is 30.9 Å². The Morgan fingerprint density at radius 2 is 1.95 bits per heavy atom. The number of halogens is 1. The van der Waals surface area contributed by atoms with Gasteiger partial charge in [0.1, 0.15) is 11.6 Å². The molecule has 0 aliphatic heterocycles. The number of carbonyl (C=O) groups is 2. The Labute approximate surface area is 112 Å². The summed E-state index contributed by atoms with van der Waals surface area (Å²) in [7, 11) is 0. The molecule has 0 heterocycles. The average Bonchev–Trinajstić information content (AvgIpc) is 2.41. The van der Waals surface area contributed by atoms with Gasteiger partial charge in [0.25, 0.3) is 0 Å². The van der Waals surface area contributed by atoms with Gasteiger partial charge in [-0.3, -0.25) is 9.59 Å². The highest BCUT2D eigenvalue weighted by Gasteiger charge is 2.24. The van der Waals surface area contributed by atoms with Crippen molar-refractivity contribution >= 4 is 11.7 Å². The summed E-state index contributed by atoms with van der Waals surface area (Å²) in [4.78, 5) is 23.0. The molecule has 0 bridgehead atoms. The number of rotatable bonds is 4. The van der Waals surface area contributed by atoms with Crippen LogP contribution in [0.1, 0.15) is 31.2 Å². The van der Waals surface area contributed by atoms with Crippen LogP contribution in [-0.2, 0) is 16.0 Å². The summed E-state index contributed by atoms with van der Waals surface area (Å²) >= 11 is 0. The van der Waals surface area contributed by atoms with Crippen molar-refractivity contribution in [3.63, 3.8) is 0 Å². The smallest absolute Gasteiger partial charge is 0.223 e. The number of hydrogen-bond donors (Lipinski definition) is 1. The van der Waals surface area contributed by atoms with Gasteiger partial charge < -0.3 is 5.32 Å². The van der Waals surface area contributed by atoms with Gasteiger partial charge in [-0.15, -0.1) is 0 Å². The van der Waals surface area contributed by atoms with Gasteiger partial charge in [-0.2, -0.15) is 0 Å². The van der Waals surface area contributed by atoms with E-state index in [1.54, 1.807) is 18.2 Å². The van der Waals surface area contributed by atoms with Crippen LogP contribution in [0.3, 0.4) is 0 Å². The second-order valence-electron chi connectivity index (χ2n) is 4.95. The minimum absolute atomic E-state index is 0.0103. The molecule has 1 aliphatic carbocycles. The maximum atomic E-state index is 13.4. The van der Waals surface area contributed by atoms with Crippen LogP contribution in [0.15, 0.2) is 24.3 Å². The van der Waals surface area contributed by atoms with Crippen LogP contribution < -0.4 is 5.32 Å². The summed E-state index contributed by atoms with van der Waals surface area (Å²) in [5.74, 6) is -0.0578. The molecular formula is C15H18FNO2. The van der Waals surface area contributed by atoms with Crippen LogP contribution in [0, 0.1) is 11.7 Å². The van der Waals surface area contributed by atoms with Crippen molar-refractivity contribution in [1.29, 1.82) is 0 Å². The minimum atomic E-state index is -0.236. The van der Waals surface area contributed by atoms with Crippen molar-refractivity contribution in [2.45, 2.75) is 32.1 Å². The highest BCUT2D eigenvalue weighted by molar-refractivity contribution is 5.84. The van der Waals surface area contributed by atoms with Gasteiger partial charge in [0, 0.05) is 25.3 Å². The molecule has 0 unspecified atom stereocenters. The lowest BCUT2D eigenvalue weighted by Gasteiger charge is -2.20. The number of benzene rings is 1. The highest BCUT2D eigenvalue weighted by Crippen LogP contribution is 2.21. The Kier molecular flexibility index (Phi) is 4.66. The predicted molar refractivity (Wildman–Crippen MR) is 70.1 cm³/mol. The van der Waals surface area contributed by atoms with Crippen LogP contribution in [0.4, 0.5) is 4.39 Å². The van der Waals surface area contributed by atoms with Crippen LogP contribution in [0.2, 0.25) is 0 Å². The third-order valence-corrected chi connectivity index (χ3v) is 3.57.